The van der Waals surface area contributed by atoms with Crippen molar-refractivity contribution in [2.24, 2.45) is 0 Å². The zero-order valence-electron chi connectivity index (χ0n) is 12.8. The van der Waals surface area contributed by atoms with Crippen LogP contribution in [0.4, 0.5) is 5.69 Å². The highest BCUT2D eigenvalue weighted by Gasteiger charge is 2.17. The van der Waals surface area contributed by atoms with E-state index in [1.54, 1.807) is 26.0 Å². The lowest BCUT2D eigenvalue weighted by Crippen LogP contribution is -2.38. The Hall–Kier alpha value is -2.02. The number of nitrogens with one attached hydrogen (secondary N) is 2. The third-order valence-electron chi connectivity index (χ3n) is 2.73. The number of hydrogen-bond acceptors (Lipinski definition) is 4. The zero-order valence-corrected chi connectivity index (χ0v) is 13.6. The summed E-state index contributed by atoms with van der Waals surface area (Å²) in [5, 5.41) is 13.7. The molecule has 0 saturated heterocycles. The molecule has 0 aliphatic rings. The number of amides is 2. The fraction of sp³-hybridized carbons (Fsp3) is 0.400. The molecule has 22 heavy (non-hydrogen) atoms. The van der Waals surface area contributed by atoms with E-state index >= 15 is 0 Å². The molecule has 1 aromatic carbocycles. The molecule has 1 rings (SSSR count). The van der Waals surface area contributed by atoms with Crippen LogP contribution in [0.1, 0.15) is 27.2 Å². The van der Waals surface area contributed by atoms with Gasteiger partial charge in [0.05, 0.1) is 11.7 Å². The molecule has 0 spiro atoms. The lowest BCUT2D eigenvalue weighted by Gasteiger charge is -2.16. The lowest BCUT2D eigenvalue weighted by molar-refractivity contribution is -0.137. The van der Waals surface area contributed by atoms with Crippen molar-refractivity contribution in [3.05, 3.63) is 24.3 Å². The molecule has 120 valence electrons. The summed E-state index contributed by atoms with van der Waals surface area (Å²) in [7, 11) is 0. The highest BCUT2D eigenvalue weighted by Crippen LogP contribution is 2.24. The molecular weight excluding hydrogens is 304 g/mol. The predicted molar refractivity (Wildman–Crippen MR) is 85.9 cm³/mol. The lowest BCUT2D eigenvalue weighted by atomic mass is 10.2. The first-order valence-electron chi connectivity index (χ1n) is 6.84. The number of aliphatic carboxylic acids is 1. The Morgan fingerprint density at radius 3 is 2.27 bits per heavy atom. The SMILES string of the molecule is CC(=O)Nc1ccc(SC(C)C(=O)NC(C)CC(=O)O)cc1. The van der Waals surface area contributed by atoms with Gasteiger partial charge in [-0.3, -0.25) is 14.4 Å². The number of carbonyl (C=O) groups is 3. The van der Waals surface area contributed by atoms with E-state index in [1.807, 2.05) is 12.1 Å². The smallest absolute Gasteiger partial charge is 0.305 e. The van der Waals surface area contributed by atoms with E-state index in [0.717, 1.165) is 4.90 Å². The van der Waals surface area contributed by atoms with Crippen molar-refractivity contribution in [2.75, 3.05) is 5.32 Å². The predicted octanol–water partition coefficient (Wildman–Crippen LogP) is 2.10. The zero-order chi connectivity index (χ0) is 16.7. The molecule has 6 nitrogen and oxygen atoms in total. The Bertz CT molecular complexity index is 545. The van der Waals surface area contributed by atoms with Gasteiger partial charge in [0.1, 0.15) is 0 Å². The average Bonchev–Trinajstić information content (AvgIpc) is 2.39. The Morgan fingerprint density at radius 1 is 1.18 bits per heavy atom. The van der Waals surface area contributed by atoms with E-state index < -0.39 is 12.0 Å². The summed E-state index contributed by atoms with van der Waals surface area (Å²) in [6.45, 7) is 4.86. The topological polar surface area (TPSA) is 95.5 Å². The fourth-order valence-electron chi connectivity index (χ4n) is 1.75. The van der Waals surface area contributed by atoms with E-state index in [1.165, 1.54) is 18.7 Å². The molecule has 0 aliphatic carbocycles. The quantitative estimate of drug-likeness (QED) is 0.668. The summed E-state index contributed by atoms with van der Waals surface area (Å²) in [5.41, 5.74) is 0.698. The van der Waals surface area contributed by atoms with Gasteiger partial charge >= 0.3 is 5.97 Å². The highest BCUT2D eigenvalue weighted by molar-refractivity contribution is 8.00. The van der Waals surface area contributed by atoms with Crippen LogP contribution in [0.2, 0.25) is 0 Å². The molecule has 2 atom stereocenters. The van der Waals surface area contributed by atoms with Crippen molar-refractivity contribution < 1.29 is 19.5 Å². The minimum absolute atomic E-state index is 0.103. The molecule has 1 aromatic rings. The molecule has 0 radical (unpaired) electrons. The van der Waals surface area contributed by atoms with Gasteiger partial charge in [-0.1, -0.05) is 0 Å². The van der Waals surface area contributed by atoms with Crippen LogP contribution in [0.3, 0.4) is 0 Å². The van der Waals surface area contributed by atoms with Gasteiger partial charge < -0.3 is 15.7 Å². The molecule has 0 saturated carbocycles. The van der Waals surface area contributed by atoms with Crippen molar-refractivity contribution in [2.45, 2.75) is 43.4 Å². The van der Waals surface area contributed by atoms with E-state index in [4.69, 9.17) is 5.11 Å². The first-order chi connectivity index (χ1) is 10.3. The minimum atomic E-state index is -0.943. The van der Waals surface area contributed by atoms with Crippen LogP contribution in [-0.4, -0.2) is 34.2 Å². The van der Waals surface area contributed by atoms with Gasteiger partial charge in [-0.05, 0) is 38.1 Å². The molecule has 7 heteroatoms. The third kappa shape index (κ3) is 6.62. The average molecular weight is 324 g/mol. The standard InChI is InChI=1S/C15H20N2O4S/c1-9(8-14(19)20)16-15(21)10(2)22-13-6-4-12(5-7-13)17-11(3)18/h4-7,9-10H,8H2,1-3H3,(H,16,21)(H,17,18)(H,19,20). The van der Waals surface area contributed by atoms with Gasteiger partial charge in [-0.25, -0.2) is 0 Å². The number of benzene rings is 1. The van der Waals surface area contributed by atoms with Crippen LogP contribution in [0, 0.1) is 0 Å². The summed E-state index contributed by atoms with van der Waals surface area (Å²) >= 11 is 1.37. The largest absolute Gasteiger partial charge is 0.481 e. The Morgan fingerprint density at radius 2 is 1.77 bits per heavy atom. The maximum atomic E-state index is 12.0. The molecule has 0 heterocycles. The van der Waals surface area contributed by atoms with E-state index in [9.17, 15) is 14.4 Å². The van der Waals surface area contributed by atoms with Crippen molar-refractivity contribution >= 4 is 35.2 Å². The number of carboxylic acid groups (broad SMARTS) is 1. The van der Waals surface area contributed by atoms with Crippen molar-refractivity contribution in [1.29, 1.82) is 0 Å². The number of anilines is 1. The number of hydrogen-bond donors (Lipinski definition) is 3. The van der Waals surface area contributed by atoms with Crippen molar-refractivity contribution in [3.8, 4) is 0 Å². The van der Waals surface area contributed by atoms with Gasteiger partial charge in [-0.2, -0.15) is 0 Å². The van der Waals surface area contributed by atoms with E-state index in [0.29, 0.717) is 5.69 Å². The molecule has 0 fully saturated rings. The van der Waals surface area contributed by atoms with Crippen molar-refractivity contribution in [3.63, 3.8) is 0 Å². The molecule has 2 amide bonds. The Labute approximate surface area is 133 Å². The van der Waals surface area contributed by atoms with Crippen LogP contribution in [0.5, 0.6) is 0 Å². The Kier molecular flexibility index (Phi) is 6.91. The highest BCUT2D eigenvalue weighted by atomic mass is 32.2. The second-order valence-corrected chi connectivity index (χ2v) is 6.39. The molecule has 0 aromatic heterocycles. The van der Waals surface area contributed by atoms with Crippen molar-refractivity contribution in [1.82, 2.24) is 5.32 Å². The van der Waals surface area contributed by atoms with Gasteiger partial charge in [0.2, 0.25) is 11.8 Å². The normalized spacial score (nSPS) is 13.0. The van der Waals surface area contributed by atoms with Crippen LogP contribution in [0.15, 0.2) is 29.2 Å². The fourth-order valence-corrected chi connectivity index (χ4v) is 2.63. The third-order valence-corrected chi connectivity index (χ3v) is 3.84. The number of carboxylic acids is 1. The van der Waals surface area contributed by atoms with E-state index in [2.05, 4.69) is 10.6 Å². The van der Waals surface area contributed by atoms with E-state index in [-0.39, 0.29) is 23.5 Å². The van der Waals surface area contributed by atoms with Gasteiger partial charge in [0.15, 0.2) is 0 Å². The van der Waals surface area contributed by atoms with Crippen LogP contribution in [-0.2, 0) is 14.4 Å². The maximum absolute atomic E-state index is 12.0. The minimum Gasteiger partial charge on any atom is -0.481 e. The summed E-state index contributed by atoms with van der Waals surface area (Å²) in [6, 6.07) is 6.76. The van der Waals surface area contributed by atoms with Crippen LogP contribution < -0.4 is 10.6 Å². The molecule has 3 N–H and O–H groups in total. The Balaban J connectivity index is 2.53. The monoisotopic (exact) mass is 324 g/mol. The molecule has 2 unspecified atom stereocenters. The molecule has 0 bridgehead atoms. The molecule has 0 aliphatic heterocycles. The maximum Gasteiger partial charge on any atom is 0.305 e. The second-order valence-electron chi connectivity index (χ2n) is 4.97. The molecular formula is C15H20N2O4S. The van der Waals surface area contributed by atoms with Gasteiger partial charge in [0, 0.05) is 23.5 Å². The summed E-state index contributed by atoms with van der Waals surface area (Å²) in [4.78, 5) is 34.4. The summed E-state index contributed by atoms with van der Waals surface area (Å²) < 4.78 is 0. The first kappa shape index (κ1) is 18.0. The van der Waals surface area contributed by atoms with Gasteiger partial charge in [0.25, 0.3) is 0 Å². The number of carbonyl (C=O) groups excluding carboxylic acids is 2. The number of thioether (sulfide) groups is 1. The first-order valence-corrected chi connectivity index (χ1v) is 7.72. The van der Waals surface area contributed by atoms with Crippen LogP contribution in [0.25, 0.3) is 0 Å². The number of rotatable bonds is 7. The van der Waals surface area contributed by atoms with Crippen LogP contribution >= 0.6 is 11.8 Å². The second kappa shape index (κ2) is 8.43. The van der Waals surface area contributed by atoms with Gasteiger partial charge in [-0.15, -0.1) is 11.8 Å². The summed E-state index contributed by atoms with van der Waals surface area (Å²) in [5.74, 6) is -1.29. The summed E-state index contributed by atoms with van der Waals surface area (Å²) in [6.07, 6.45) is -0.103.